The highest BCUT2D eigenvalue weighted by Gasteiger charge is 2.49. The van der Waals surface area contributed by atoms with E-state index >= 15 is 0 Å². The lowest BCUT2D eigenvalue weighted by molar-refractivity contribution is -0.193. The number of halogens is 6. The predicted octanol–water partition coefficient (Wildman–Crippen LogP) is 1.66. The summed E-state index contributed by atoms with van der Waals surface area (Å²) in [6.07, 6.45) is -8.51. The van der Waals surface area contributed by atoms with Crippen molar-refractivity contribution in [3.8, 4) is 0 Å². The summed E-state index contributed by atoms with van der Waals surface area (Å²) in [6, 6.07) is 0. The third kappa shape index (κ3) is 8.83. The molecule has 2 aliphatic heterocycles. The Morgan fingerprint density at radius 2 is 1.45 bits per heavy atom. The Bertz CT molecular complexity index is 915. The lowest BCUT2D eigenvalue weighted by Gasteiger charge is -2.51. The third-order valence-corrected chi connectivity index (χ3v) is 6.22. The van der Waals surface area contributed by atoms with Crippen LogP contribution >= 0.6 is 0 Å². The Kier molecular flexibility index (Phi) is 11.5. The maximum atomic E-state index is 13.0. The van der Waals surface area contributed by atoms with E-state index in [1.54, 1.807) is 0 Å². The fourth-order valence-electron chi connectivity index (χ4n) is 4.01. The average molecular weight is 564 g/mol. The summed E-state index contributed by atoms with van der Waals surface area (Å²) in [5, 5.41) is 27.5. The van der Waals surface area contributed by atoms with Crippen molar-refractivity contribution in [2.24, 2.45) is 0 Å². The number of nitrogens with zero attached hydrogens (tertiary/aromatic N) is 4. The molecule has 0 aromatic carbocycles. The molecule has 0 atom stereocenters. The summed E-state index contributed by atoms with van der Waals surface area (Å²) < 4.78 is 68.7. The minimum Gasteiger partial charge on any atom is -0.475 e. The number of hydrogen-bond donors (Lipinski definition) is 3. The number of carbonyl (C=O) groups excluding carboxylic acids is 1. The summed E-state index contributed by atoms with van der Waals surface area (Å²) in [5.74, 6) is -4.45. The standard InChI is InChI=1S/C17H28N4O3.2C2HF3O2/c1-13-15(14(2)24-18-13)12-20-6-4-17(5-7-20)16(23)21(10-11-22)9-8-19(17)3;2*3-2(4,5)1(6)7/h22H,4-12H2,1-3H3;2*(H,6,7). The van der Waals surface area contributed by atoms with Gasteiger partial charge in [-0.25, -0.2) is 9.59 Å². The minimum atomic E-state index is -5.08. The van der Waals surface area contributed by atoms with Crippen LogP contribution in [-0.2, 0) is 20.9 Å². The number of carbonyl (C=O) groups is 3. The molecule has 2 saturated heterocycles. The number of aromatic nitrogens is 1. The fraction of sp³-hybridized carbons (Fsp3) is 0.714. The van der Waals surface area contributed by atoms with E-state index in [-0.39, 0.29) is 12.5 Å². The van der Waals surface area contributed by atoms with Crippen molar-refractivity contribution in [1.29, 1.82) is 0 Å². The number of piperazine rings is 1. The van der Waals surface area contributed by atoms with E-state index in [1.807, 2.05) is 18.7 Å². The van der Waals surface area contributed by atoms with Gasteiger partial charge in [0.25, 0.3) is 0 Å². The Hall–Kier alpha value is -2.92. The molecule has 1 aromatic heterocycles. The normalized spacial score (nSPS) is 18.4. The van der Waals surface area contributed by atoms with E-state index in [0.29, 0.717) is 13.1 Å². The molecule has 0 radical (unpaired) electrons. The number of alkyl halides is 6. The number of β-amino-alcohol motifs (C(OH)–C–C–N with tert-alkyl or cyclic N) is 1. The maximum absolute atomic E-state index is 13.0. The van der Waals surface area contributed by atoms with Crippen LogP contribution in [0.1, 0.15) is 29.9 Å². The van der Waals surface area contributed by atoms with Crippen LogP contribution in [0.5, 0.6) is 0 Å². The molecule has 0 bridgehead atoms. The zero-order chi connectivity index (χ0) is 29.5. The second-order valence-corrected chi connectivity index (χ2v) is 8.65. The van der Waals surface area contributed by atoms with Gasteiger partial charge in [0.1, 0.15) is 11.3 Å². The first-order valence-electron chi connectivity index (χ1n) is 11.2. The van der Waals surface area contributed by atoms with E-state index in [1.165, 1.54) is 0 Å². The van der Waals surface area contributed by atoms with Crippen LogP contribution in [0.4, 0.5) is 26.3 Å². The predicted molar refractivity (Wildman–Crippen MR) is 117 cm³/mol. The number of carboxylic acids is 2. The van der Waals surface area contributed by atoms with Gasteiger partial charge in [-0.1, -0.05) is 5.16 Å². The molecule has 2 aliphatic rings. The summed E-state index contributed by atoms with van der Waals surface area (Å²) in [7, 11) is 2.05. The van der Waals surface area contributed by atoms with Gasteiger partial charge in [0.05, 0.1) is 12.3 Å². The van der Waals surface area contributed by atoms with Crippen molar-refractivity contribution in [2.75, 3.05) is 46.4 Å². The molecule has 0 saturated carbocycles. The number of aliphatic carboxylic acids is 2. The molecular formula is C21H30F6N4O7. The van der Waals surface area contributed by atoms with Crippen LogP contribution in [0.15, 0.2) is 4.52 Å². The molecule has 11 nitrogen and oxygen atoms in total. The number of likely N-dealkylation sites (tertiary alicyclic amines) is 1. The van der Waals surface area contributed by atoms with Gasteiger partial charge in [-0.3, -0.25) is 14.6 Å². The summed E-state index contributed by atoms with van der Waals surface area (Å²) >= 11 is 0. The number of carboxylic acid groups (broad SMARTS) is 2. The van der Waals surface area contributed by atoms with Crippen LogP contribution in [0.2, 0.25) is 0 Å². The number of rotatable bonds is 4. The quantitative estimate of drug-likeness (QED) is 0.461. The zero-order valence-electron chi connectivity index (χ0n) is 20.9. The maximum Gasteiger partial charge on any atom is 0.490 e. The Labute approximate surface area is 213 Å². The zero-order valence-corrected chi connectivity index (χ0v) is 20.9. The number of piperidine rings is 1. The summed E-state index contributed by atoms with van der Waals surface area (Å²) in [5.41, 5.74) is 1.71. The molecule has 38 heavy (non-hydrogen) atoms. The molecule has 0 aliphatic carbocycles. The van der Waals surface area contributed by atoms with Crippen LogP contribution in [0, 0.1) is 13.8 Å². The van der Waals surface area contributed by atoms with Gasteiger partial charge in [0.15, 0.2) is 0 Å². The van der Waals surface area contributed by atoms with Crippen LogP contribution in [0.25, 0.3) is 0 Å². The van der Waals surface area contributed by atoms with Gasteiger partial charge < -0.3 is 24.7 Å². The molecule has 3 N–H and O–H groups in total. The molecule has 17 heteroatoms. The van der Waals surface area contributed by atoms with E-state index in [9.17, 15) is 36.2 Å². The first kappa shape index (κ1) is 33.1. The van der Waals surface area contributed by atoms with Crippen molar-refractivity contribution >= 4 is 17.8 Å². The topological polar surface area (TPSA) is 148 Å². The monoisotopic (exact) mass is 564 g/mol. The molecule has 218 valence electrons. The molecule has 1 spiro atoms. The van der Waals surface area contributed by atoms with Gasteiger partial charge in [-0.05, 0) is 33.7 Å². The second-order valence-electron chi connectivity index (χ2n) is 8.65. The van der Waals surface area contributed by atoms with Crippen LogP contribution < -0.4 is 0 Å². The van der Waals surface area contributed by atoms with Crippen molar-refractivity contribution in [2.45, 2.75) is 51.1 Å². The highest BCUT2D eigenvalue weighted by Crippen LogP contribution is 2.33. The van der Waals surface area contributed by atoms with Gasteiger partial charge in [-0.2, -0.15) is 26.3 Å². The average Bonchev–Trinajstić information content (AvgIpc) is 3.12. The molecular weight excluding hydrogens is 534 g/mol. The Balaban J connectivity index is 0.000000426. The lowest BCUT2D eigenvalue weighted by Crippen LogP contribution is -2.67. The van der Waals surface area contributed by atoms with Crippen molar-refractivity contribution in [3.63, 3.8) is 0 Å². The van der Waals surface area contributed by atoms with E-state index < -0.39 is 29.8 Å². The molecule has 3 heterocycles. The Morgan fingerprint density at radius 3 is 1.82 bits per heavy atom. The first-order chi connectivity index (χ1) is 17.4. The number of aliphatic hydroxyl groups is 1. The highest BCUT2D eigenvalue weighted by atomic mass is 19.4. The van der Waals surface area contributed by atoms with Gasteiger partial charge in [-0.15, -0.1) is 0 Å². The Morgan fingerprint density at radius 1 is 0.974 bits per heavy atom. The summed E-state index contributed by atoms with van der Waals surface area (Å²) in [4.78, 5) is 37.2. The number of amides is 1. The van der Waals surface area contributed by atoms with Crippen LogP contribution in [-0.4, -0.2) is 117 Å². The van der Waals surface area contributed by atoms with Crippen molar-refractivity contribution in [3.05, 3.63) is 17.0 Å². The number of likely N-dealkylation sites (N-methyl/N-ethyl adjacent to an activating group) is 1. The number of hydrogen-bond acceptors (Lipinski definition) is 8. The van der Waals surface area contributed by atoms with E-state index in [4.69, 9.17) is 24.3 Å². The molecule has 2 fully saturated rings. The minimum absolute atomic E-state index is 0.0315. The van der Waals surface area contributed by atoms with E-state index in [0.717, 1.165) is 56.0 Å². The van der Waals surface area contributed by atoms with Crippen molar-refractivity contribution < 1.29 is 60.6 Å². The molecule has 0 unspecified atom stereocenters. The number of aliphatic hydroxyl groups excluding tert-OH is 1. The van der Waals surface area contributed by atoms with E-state index in [2.05, 4.69) is 22.0 Å². The third-order valence-electron chi connectivity index (χ3n) is 6.22. The summed E-state index contributed by atoms with van der Waals surface area (Å²) in [6.45, 7) is 8.57. The molecule has 1 aromatic rings. The van der Waals surface area contributed by atoms with Crippen LogP contribution in [0.3, 0.4) is 0 Å². The highest BCUT2D eigenvalue weighted by molar-refractivity contribution is 5.87. The molecule has 1 amide bonds. The van der Waals surface area contributed by atoms with Gasteiger partial charge >= 0.3 is 24.3 Å². The number of aryl methyl sites for hydroxylation is 2. The van der Waals surface area contributed by atoms with Gasteiger partial charge in [0.2, 0.25) is 5.91 Å². The first-order valence-corrected chi connectivity index (χ1v) is 11.2. The largest absolute Gasteiger partial charge is 0.490 e. The van der Waals surface area contributed by atoms with Crippen molar-refractivity contribution in [1.82, 2.24) is 19.9 Å². The van der Waals surface area contributed by atoms with Gasteiger partial charge in [0, 0.05) is 44.8 Å². The smallest absolute Gasteiger partial charge is 0.475 e. The molecule has 3 rings (SSSR count). The SMILES string of the molecule is Cc1noc(C)c1CN1CCC2(CC1)C(=O)N(CCO)CCN2C.O=C(O)C(F)(F)F.O=C(O)C(F)(F)F. The fourth-order valence-corrected chi connectivity index (χ4v) is 4.01. The second kappa shape index (κ2) is 13.2. The lowest BCUT2D eigenvalue weighted by atomic mass is 9.82.